The van der Waals surface area contributed by atoms with Gasteiger partial charge in [0.15, 0.2) is 12.2 Å². The van der Waals surface area contributed by atoms with Crippen molar-refractivity contribution in [3.8, 4) is 23.0 Å². The lowest BCUT2D eigenvalue weighted by Gasteiger charge is -2.43. The van der Waals surface area contributed by atoms with Gasteiger partial charge in [0.05, 0.1) is 20.8 Å². The standard InChI is InChI=1S/C35H43FN2O16S.C27H35FN2O12S.BH4/c1-19(39)47-18-28-29(48-20(2)40)30(49-21(3)41)31(50-22(4)42)33(52-28)51-27-12-10-9-11-25(27)38-55(36,45)54-24-15-13-23(14-16-24)17-26(32(43)46-8)37-34(44)53-35(5,6)7;1-27(2,3)41-26(36)29-18(24(35)38-4)13-15-9-11-16(12-10-15)42-43(28,37)30-17-7-5-6-8-19(17)39-25-23(34)22(33)21(32)20(14-31)40-25;/h9-16,26,28-31,33H,17-18H2,1-8H3,(H,37,44);5-12,18,20-23,25,31-34H,13-14H2,1-4H3,(H,29,36);1H4/q;;-1/t26-,28+,29-,30-,31+,33-,55?;18-,20+,21-,22-,23+,25-,43?;/m00./s1. The highest BCUT2D eigenvalue weighted by Gasteiger charge is 2.54. The number of para-hydroxylation sites is 2. The second-order valence-electron chi connectivity index (χ2n) is 23.2. The summed E-state index contributed by atoms with van der Waals surface area (Å²) >= 11 is 0. The van der Waals surface area contributed by atoms with E-state index in [9.17, 15) is 67.2 Å². The fourth-order valence-corrected chi connectivity index (χ4v) is 10.4. The number of esters is 6. The molecule has 2 heterocycles. The zero-order chi connectivity index (χ0) is 73.0. The van der Waals surface area contributed by atoms with Crippen LogP contribution in [0.25, 0.3) is 0 Å². The van der Waals surface area contributed by atoms with Gasteiger partial charge < -0.3 is 96.3 Å². The number of ether oxygens (including phenoxy) is 12. The van der Waals surface area contributed by atoms with E-state index in [1.54, 1.807) is 41.5 Å². The maximum Gasteiger partial charge on any atom is 0.408 e. The number of aliphatic hydroxyl groups is 4. The molecular weight excluding hydrogens is 1360 g/mol. The molecule has 0 spiro atoms. The average molecular weight is 1440 g/mol. The van der Waals surface area contributed by atoms with E-state index in [0.29, 0.717) is 11.1 Å². The molecule has 0 aliphatic carbocycles. The molecule has 4 aromatic rings. The Balaban J connectivity index is 0.000000428. The monoisotopic (exact) mass is 1440 g/mol. The minimum Gasteiger partial charge on any atom is -0.467 e. The van der Waals surface area contributed by atoms with E-state index in [1.807, 2.05) is 0 Å². The Bertz CT molecular complexity index is 3690. The van der Waals surface area contributed by atoms with Crippen LogP contribution in [-0.4, -0.2) is 197 Å². The molecule has 99 heavy (non-hydrogen) atoms. The molecule has 2 fully saturated rings. The highest BCUT2D eigenvalue weighted by Crippen LogP contribution is 2.37. The Kier molecular flexibility index (Phi) is 30.6. The topological polar surface area (TPSA) is 430 Å². The summed E-state index contributed by atoms with van der Waals surface area (Å²) in [6, 6.07) is 19.4. The number of alkyl carbamates (subject to hydrolysis) is 2. The van der Waals surface area contributed by atoms with E-state index in [4.69, 9.17) is 65.2 Å². The van der Waals surface area contributed by atoms with Crippen LogP contribution in [0.2, 0.25) is 0 Å². The second-order valence-corrected chi connectivity index (χ2v) is 25.6. The molecule has 0 aromatic heterocycles. The van der Waals surface area contributed by atoms with Gasteiger partial charge in [-0.05, 0) is 101 Å². The van der Waals surface area contributed by atoms with Crippen molar-refractivity contribution < 1.29 is 140 Å². The van der Waals surface area contributed by atoms with Crippen molar-refractivity contribution in [3.63, 3.8) is 0 Å². The Morgan fingerprint density at radius 1 is 0.535 bits per heavy atom. The summed E-state index contributed by atoms with van der Waals surface area (Å²) in [6.45, 7) is 13.0. The first-order valence-electron chi connectivity index (χ1n) is 29.6. The quantitative estimate of drug-likeness (QED) is 0.0252. The number of hydrogen-bond donors (Lipinski definition) is 6. The van der Waals surface area contributed by atoms with Gasteiger partial charge in [0.2, 0.25) is 18.7 Å². The molecule has 2 saturated heterocycles. The molecule has 0 bridgehead atoms. The number of aliphatic hydroxyl groups excluding tert-OH is 4. The first-order chi connectivity index (χ1) is 45.8. The third-order valence-electron chi connectivity index (χ3n) is 12.9. The predicted molar refractivity (Wildman–Crippen MR) is 346 cm³/mol. The molecule has 37 heteroatoms. The number of carbonyl (C=O) groups is 8. The van der Waals surface area contributed by atoms with Crippen molar-refractivity contribution in [3.05, 3.63) is 108 Å². The SMILES string of the molecule is COC(=O)[C@H](Cc1ccc(OS(=O)(F)=Nc2ccccc2O[C@H]2O[C@H](CO)[C@H](O)[C@H](O)[C@H]2O)cc1)NC(=O)OC(C)(C)C.COC(=O)[C@H](Cc1ccc(OS(=O)(F)=Nc2ccccc2O[C@H]2O[C@H](COC(C)=O)[C@H](OC(C)=O)[C@H](OC(C)=O)[C@H]2OC(C)=O)cc1)NC(=O)OC(C)(C)C.[BH4-]. The normalized spacial score (nSPS) is 22.1. The number of rotatable bonds is 24. The summed E-state index contributed by atoms with van der Waals surface area (Å²) in [5, 5.41) is 44.4. The van der Waals surface area contributed by atoms with Gasteiger partial charge in [0.25, 0.3) is 0 Å². The summed E-state index contributed by atoms with van der Waals surface area (Å²) in [7, 11) is -7.57. The van der Waals surface area contributed by atoms with Crippen molar-refractivity contribution in [1.29, 1.82) is 0 Å². The van der Waals surface area contributed by atoms with Gasteiger partial charge in [0, 0.05) is 40.5 Å². The fraction of sp³-hybridized carbons (Fsp3) is 0.484. The minimum absolute atomic E-state index is 0. The maximum atomic E-state index is 15.5. The van der Waals surface area contributed by atoms with Crippen LogP contribution in [0.5, 0.6) is 23.0 Å². The highest BCUT2D eigenvalue weighted by molar-refractivity contribution is 7.84. The molecule has 14 atom stereocenters. The van der Waals surface area contributed by atoms with E-state index in [2.05, 4.69) is 19.4 Å². The number of halogens is 2. The summed E-state index contributed by atoms with van der Waals surface area (Å²) in [5.74, 6) is -5.69. The number of methoxy groups -OCH3 is 2. The molecule has 2 amide bonds. The van der Waals surface area contributed by atoms with Crippen molar-refractivity contribution in [2.45, 2.75) is 167 Å². The Labute approximate surface area is 571 Å². The van der Waals surface area contributed by atoms with E-state index in [0.717, 1.165) is 41.9 Å². The summed E-state index contributed by atoms with van der Waals surface area (Å²) in [5.41, 5.74) is -1.28. The van der Waals surface area contributed by atoms with Crippen molar-refractivity contribution >= 4 is 88.6 Å². The third-order valence-corrected chi connectivity index (χ3v) is 14.5. The van der Waals surface area contributed by atoms with Crippen LogP contribution in [0, 0.1) is 0 Å². The summed E-state index contributed by atoms with van der Waals surface area (Å²) in [6.07, 6.45) is -17.3. The lowest BCUT2D eigenvalue weighted by Crippen LogP contribution is -2.63. The van der Waals surface area contributed by atoms with Gasteiger partial charge in [0.1, 0.15) is 94.8 Å². The summed E-state index contributed by atoms with van der Waals surface area (Å²) < 4.78 is 137. The van der Waals surface area contributed by atoms with Crippen molar-refractivity contribution in [2.75, 3.05) is 27.4 Å². The maximum absolute atomic E-state index is 15.5. The molecule has 0 saturated carbocycles. The lowest BCUT2D eigenvalue weighted by atomic mass is 9.98. The van der Waals surface area contributed by atoms with Crippen LogP contribution in [0.4, 0.5) is 28.7 Å². The van der Waals surface area contributed by atoms with Crippen LogP contribution in [0.1, 0.15) is 80.4 Å². The lowest BCUT2D eigenvalue weighted by molar-refractivity contribution is -0.288. The second kappa shape index (κ2) is 36.7. The van der Waals surface area contributed by atoms with Crippen molar-refractivity contribution in [2.24, 2.45) is 8.73 Å². The smallest absolute Gasteiger partial charge is 0.408 e. The van der Waals surface area contributed by atoms with Crippen LogP contribution in [-0.2, 0) is 110 Å². The third kappa shape index (κ3) is 27.0. The summed E-state index contributed by atoms with van der Waals surface area (Å²) in [4.78, 5) is 96.9. The fourth-order valence-electron chi connectivity index (χ4n) is 8.88. The molecule has 2 aliphatic rings. The van der Waals surface area contributed by atoms with Crippen LogP contribution in [0.3, 0.4) is 0 Å². The highest BCUT2D eigenvalue weighted by atomic mass is 32.3. The molecule has 6 N–H and O–H groups in total. The van der Waals surface area contributed by atoms with E-state index in [1.165, 1.54) is 97.1 Å². The first-order valence-corrected chi connectivity index (χ1v) is 32.2. The molecule has 4 aromatic carbocycles. The Morgan fingerprint density at radius 3 is 1.30 bits per heavy atom. The molecule has 6 rings (SSSR count). The minimum atomic E-state index is -5.01. The average Bonchev–Trinajstić information content (AvgIpc) is 0.784. The predicted octanol–water partition coefficient (Wildman–Crippen LogP) is 3.74. The molecule has 548 valence electrons. The first kappa shape index (κ1) is 82.4. The Morgan fingerprint density at radius 2 is 0.919 bits per heavy atom. The van der Waals surface area contributed by atoms with Gasteiger partial charge in [-0.25, -0.2) is 19.2 Å². The number of hydrogen-bond acceptors (Lipinski definition) is 30. The molecule has 2 aliphatic heterocycles. The number of benzene rings is 4. The number of carbonyl (C=O) groups excluding carboxylic acids is 8. The van der Waals surface area contributed by atoms with Crippen LogP contribution in [0.15, 0.2) is 106 Å². The molecule has 0 radical (unpaired) electrons. The molecule has 32 nitrogen and oxygen atoms in total. The molecular formula is C62H82BF2N4O28S2-. The van der Waals surface area contributed by atoms with E-state index in [-0.39, 0.29) is 55.6 Å². The zero-order valence-electron chi connectivity index (χ0n) is 55.0. The van der Waals surface area contributed by atoms with Crippen LogP contribution < -0.4 is 28.5 Å². The van der Waals surface area contributed by atoms with E-state index < -0.39 is 167 Å². The van der Waals surface area contributed by atoms with Gasteiger partial charge in [-0.2, -0.15) is 8.42 Å². The van der Waals surface area contributed by atoms with Gasteiger partial charge in [-0.15, -0.1) is 8.73 Å². The van der Waals surface area contributed by atoms with Gasteiger partial charge in [-0.1, -0.05) is 64.7 Å². The van der Waals surface area contributed by atoms with Crippen molar-refractivity contribution in [1.82, 2.24) is 10.6 Å². The van der Waals surface area contributed by atoms with E-state index >= 15 is 7.77 Å². The Hall–Kier alpha value is -8.98. The number of nitrogens with one attached hydrogen (secondary N) is 2. The van der Waals surface area contributed by atoms with Gasteiger partial charge >= 0.3 is 68.8 Å². The largest absolute Gasteiger partial charge is 0.467 e. The number of nitrogens with zero attached hydrogens (tertiary/aromatic N) is 2. The zero-order valence-corrected chi connectivity index (χ0v) is 56.7. The number of amides is 2. The van der Waals surface area contributed by atoms with Gasteiger partial charge in [-0.3, -0.25) is 19.2 Å². The van der Waals surface area contributed by atoms with Crippen LogP contribution >= 0.6 is 0 Å². The molecule has 2 unspecified atom stereocenters.